The maximum atomic E-state index is 12.4. The van der Waals surface area contributed by atoms with Crippen molar-refractivity contribution in [1.82, 2.24) is 9.97 Å². The second-order valence-corrected chi connectivity index (χ2v) is 13.3. The Morgan fingerprint density at radius 2 is 2.00 bits per heavy atom. The summed E-state index contributed by atoms with van der Waals surface area (Å²) in [7, 11) is -2.44. The van der Waals surface area contributed by atoms with Gasteiger partial charge in [0.1, 0.15) is 18.0 Å². The molecule has 1 aromatic heterocycles. The van der Waals surface area contributed by atoms with Gasteiger partial charge in [0.25, 0.3) is 0 Å². The quantitative estimate of drug-likeness (QED) is 0.685. The van der Waals surface area contributed by atoms with E-state index in [4.69, 9.17) is 22.1 Å². The number of benzene rings is 1. The van der Waals surface area contributed by atoms with Crippen molar-refractivity contribution in [1.29, 1.82) is 0 Å². The summed E-state index contributed by atoms with van der Waals surface area (Å²) in [4.78, 5) is 12.3. The molecule has 2 aliphatic rings. The molecule has 0 aliphatic carbocycles. The van der Waals surface area contributed by atoms with Crippen LogP contribution in [0.15, 0.2) is 40.5 Å². The molecule has 4 rings (SSSR count). The van der Waals surface area contributed by atoms with Crippen molar-refractivity contribution < 1.29 is 9.30 Å². The Morgan fingerprint density at radius 3 is 2.57 bits per heavy atom. The molecule has 2 aliphatic heterocycles. The van der Waals surface area contributed by atoms with Gasteiger partial charge in [0.15, 0.2) is 0 Å². The van der Waals surface area contributed by atoms with Crippen LogP contribution in [0.25, 0.3) is 0 Å². The van der Waals surface area contributed by atoms with Crippen molar-refractivity contribution in [3.8, 4) is 0 Å². The first-order valence-electron chi connectivity index (χ1n) is 10.2. The van der Waals surface area contributed by atoms with E-state index < -0.39 is 7.14 Å². The molecule has 3 heterocycles. The summed E-state index contributed by atoms with van der Waals surface area (Å²) < 4.78 is 18.3. The normalized spacial score (nSPS) is 23.8. The summed E-state index contributed by atoms with van der Waals surface area (Å²) in [5.74, 6) is 0.876. The molecule has 30 heavy (non-hydrogen) atoms. The minimum Gasteiger partial charge on any atom is -0.376 e. The molecule has 1 aromatic carbocycles. The van der Waals surface area contributed by atoms with Gasteiger partial charge < -0.3 is 19.9 Å². The molecule has 2 saturated heterocycles. The van der Waals surface area contributed by atoms with Crippen LogP contribution in [0.5, 0.6) is 0 Å². The van der Waals surface area contributed by atoms with E-state index in [0.29, 0.717) is 10.3 Å². The van der Waals surface area contributed by atoms with Gasteiger partial charge in [0, 0.05) is 34.7 Å². The molecule has 0 radical (unpaired) electrons. The third kappa shape index (κ3) is 4.28. The van der Waals surface area contributed by atoms with Crippen molar-refractivity contribution in [2.45, 2.75) is 41.8 Å². The number of piperidine rings is 1. The van der Waals surface area contributed by atoms with E-state index in [-0.39, 0.29) is 17.6 Å². The van der Waals surface area contributed by atoms with Crippen LogP contribution in [0.2, 0.25) is 5.02 Å². The highest BCUT2D eigenvalue weighted by Crippen LogP contribution is 2.43. The van der Waals surface area contributed by atoms with E-state index in [9.17, 15) is 4.57 Å². The van der Waals surface area contributed by atoms with Gasteiger partial charge in [0.05, 0.1) is 30.1 Å². The smallest absolute Gasteiger partial charge is 0.147 e. The standard InChI is InChI=1S/C21H28ClN4O2PS/c1-14-20(23)21(13-28-14)7-9-26(10-8-21)17-11-25-18(12-24-17)30-16-6-4-5-15(19(16)22)29(2,3)27/h4-6,11-12,14,20H,7-10,13,23H2,1-3H3/t14-,20+/m0/s1. The maximum absolute atomic E-state index is 12.4. The summed E-state index contributed by atoms with van der Waals surface area (Å²) in [5.41, 5.74) is 6.51. The minimum atomic E-state index is -2.44. The Hall–Kier alpha value is -1.11. The van der Waals surface area contributed by atoms with Gasteiger partial charge in [-0.1, -0.05) is 29.4 Å². The van der Waals surface area contributed by atoms with Crippen LogP contribution in [0.1, 0.15) is 19.8 Å². The molecular weight excluding hydrogens is 439 g/mol. The number of rotatable bonds is 4. The number of hydrogen-bond donors (Lipinski definition) is 1. The number of hydrogen-bond acceptors (Lipinski definition) is 7. The number of aromatic nitrogens is 2. The zero-order valence-corrected chi connectivity index (χ0v) is 20.0. The van der Waals surface area contributed by atoms with Crippen LogP contribution in [-0.2, 0) is 9.30 Å². The molecule has 162 valence electrons. The van der Waals surface area contributed by atoms with E-state index in [1.165, 1.54) is 11.8 Å². The predicted molar refractivity (Wildman–Crippen MR) is 124 cm³/mol. The van der Waals surface area contributed by atoms with Gasteiger partial charge in [-0.3, -0.25) is 0 Å². The van der Waals surface area contributed by atoms with Crippen molar-refractivity contribution in [3.63, 3.8) is 0 Å². The monoisotopic (exact) mass is 466 g/mol. The Bertz CT molecular complexity index is 960. The molecule has 6 nitrogen and oxygen atoms in total. The number of halogens is 1. The van der Waals surface area contributed by atoms with Crippen LogP contribution in [-0.4, -0.2) is 55.1 Å². The number of nitrogens with zero attached hydrogens (tertiary/aromatic N) is 3. The molecule has 0 amide bonds. The fraction of sp³-hybridized carbons (Fsp3) is 0.524. The van der Waals surface area contributed by atoms with Crippen molar-refractivity contribution in [2.24, 2.45) is 11.1 Å². The molecule has 0 saturated carbocycles. The number of ether oxygens (including phenoxy) is 1. The predicted octanol–water partition coefficient (Wildman–Crippen LogP) is 3.86. The van der Waals surface area contributed by atoms with Gasteiger partial charge in [-0.2, -0.15) is 0 Å². The minimum absolute atomic E-state index is 0.0961. The third-order valence-corrected chi connectivity index (χ3v) is 9.45. The maximum Gasteiger partial charge on any atom is 0.147 e. The molecule has 0 unspecified atom stereocenters. The molecular formula is C21H28ClN4O2PS. The zero-order chi connectivity index (χ0) is 21.5. The molecule has 1 spiro atoms. The summed E-state index contributed by atoms with van der Waals surface area (Å²) in [5, 5.41) is 1.99. The highest BCUT2D eigenvalue weighted by Gasteiger charge is 2.47. The van der Waals surface area contributed by atoms with E-state index in [0.717, 1.165) is 48.3 Å². The largest absolute Gasteiger partial charge is 0.376 e. The zero-order valence-electron chi connectivity index (χ0n) is 17.5. The molecule has 2 atom stereocenters. The lowest BCUT2D eigenvalue weighted by atomic mass is 9.73. The third-order valence-electron chi connectivity index (χ3n) is 6.28. The number of nitrogens with two attached hydrogens (primary N) is 1. The fourth-order valence-corrected chi connectivity index (χ4v) is 7.03. The highest BCUT2D eigenvalue weighted by atomic mass is 35.5. The SMILES string of the molecule is C[C@@H]1OCC2(CCN(c3cnc(Sc4cccc(P(C)(C)=O)c4Cl)cn3)CC2)[C@@H]1N. The lowest BCUT2D eigenvalue weighted by Crippen LogP contribution is -2.50. The Balaban J connectivity index is 1.43. The van der Waals surface area contributed by atoms with Crippen molar-refractivity contribution in [2.75, 3.05) is 37.9 Å². The molecule has 2 N–H and O–H groups in total. The summed E-state index contributed by atoms with van der Waals surface area (Å²) in [6.45, 7) is 8.08. The fourth-order valence-electron chi connectivity index (χ4n) is 4.29. The molecule has 9 heteroatoms. The average molecular weight is 467 g/mol. The molecule has 2 fully saturated rings. The van der Waals surface area contributed by atoms with Crippen LogP contribution in [0.4, 0.5) is 5.82 Å². The van der Waals surface area contributed by atoms with Gasteiger partial charge >= 0.3 is 0 Å². The molecule has 2 aromatic rings. The Labute approximate surface area is 187 Å². The first-order chi connectivity index (χ1) is 14.2. The lowest BCUT2D eigenvalue weighted by Gasteiger charge is -2.41. The van der Waals surface area contributed by atoms with Gasteiger partial charge in [-0.15, -0.1) is 0 Å². The van der Waals surface area contributed by atoms with Crippen LogP contribution < -0.4 is 15.9 Å². The van der Waals surface area contributed by atoms with Gasteiger partial charge in [0.2, 0.25) is 0 Å². The van der Waals surface area contributed by atoms with E-state index in [1.807, 2.05) is 24.4 Å². The van der Waals surface area contributed by atoms with E-state index in [2.05, 4.69) is 21.8 Å². The topological polar surface area (TPSA) is 81.3 Å². The average Bonchev–Trinajstić information content (AvgIpc) is 2.99. The van der Waals surface area contributed by atoms with Crippen LogP contribution in [0, 0.1) is 5.41 Å². The van der Waals surface area contributed by atoms with Gasteiger partial charge in [-0.05, 0) is 45.2 Å². The van der Waals surface area contributed by atoms with Crippen molar-refractivity contribution >= 4 is 41.6 Å². The molecule has 0 bridgehead atoms. The first-order valence-corrected chi connectivity index (χ1v) is 14.0. The summed E-state index contributed by atoms with van der Waals surface area (Å²) in [6.07, 6.45) is 5.74. The first kappa shape index (κ1) is 22.1. The number of anilines is 1. The second-order valence-electron chi connectivity index (χ2n) is 8.65. The Kier molecular flexibility index (Phi) is 6.21. The summed E-state index contributed by atoms with van der Waals surface area (Å²) >= 11 is 7.95. The second kappa shape index (κ2) is 8.44. The van der Waals surface area contributed by atoms with Gasteiger partial charge in [-0.25, -0.2) is 9.97 Å². The summed E-state index contributed by atoms with van der Waals surface area (Å²) in [6, 6.07) is 5.73. The van der Waals surface area contributed by atoms with E-state index >= 15 is 0 Å². The van der Waals surface area contributed by atoms with E-state index in [1.54, 1.807) is 19.5 Å². The van der Waals surface area contributed by atoms with Crippen LogP contribution in [0.3, 0.4) is 0 Å². The lowest BCUT2D eigenvalue weighted by molar-refractivity contribution is 0.0974. The highest BCUT2D eigenvalue weighted by molar-refractivity contribution is 7.99. The van der Waals surface area contributed by atoms with Crippen molar-refractivity contribution in [3.05, 3.63) is 35.6 Å². The van der Waals surface area contributed by atoms with Crippen LogP contribution >= 0.6 is 30.5 Å². The Morgan fingerprint density at radius 1 is 1.27 bits per heavy atom.